The Kier molecular flexibility index (Phi) is 3.33. The van der Waals surface area contributed by atoms with Crippen molar-refractivity contribution in [3.8, 4) is 0 Å². The highest BCUT2D eigenvalue weighted by Gasteiger charge is 2.15. The SMILES string of the molecule is O=Cc1cc(Br)cnc1N1CCOCC1. The van der Waals surface area contributed by atoms with Crippen LogP contribution in [0.1, 0.15) is 10.4 Å². The van der Waals surface area contributed by atoms with Crippen molar-refractivity contribution in [3.63, 3.8) is 0 Å². The molecule has 1 aromatic rings. The van der Waals surface area contributed by atoms with Gasteiger partial charge in [-0.15, -0.1) is 0 Å². The number of halogens is 1. The van der Waals surface area contributed by atoms with Gasteiger partial charge in [-0.25, -0.2) is 4.98 Å². The molecule has 1 aliphatic heterocycles. The number of ether oxygens (including phenoxy) is 1. The number of hydrogen-bond acceptors (Lipinski definition) is 4. The minimum atomic E-state index is 0.617. The van der Waals surface area contributed by atoms with Crippen molar-refractivity contribution >= 4 is 28.0 Å². The van der Waals surface area contributed by atoms with Crippen molar-refractivity contribution in [3.05, 3.63) is 22.3 Å². The number of rotatable bonds is 2. The van der Waals surface area contributed by atoms with Crippen molar-refractivity contribution in [2.75, 3.05) is 31.2 Å². The fourth-order valence-electron chi connectivity index (χ4n) is 1.57. The Hall–Kier alpha value is -0.940. The van der Waals surface area contributed by atoms with Gasteiger partial charge in [0, 0.05) is 23.8 Å². The summed E-state index contributed by atoms with van der Waals surface area (Å²) >= 11 is 3.30. The standard InChI is InChI=1S/C10H11BrN2O2/c11-9-5-8(7-14)10(12-6-9)13-1-3-15-4-2-13/h5-7H,1-4H2. The van der Waals surface area contributed by atoms with Crippen molar-refractivity contribution in [2.45, 2.75) is 0 Å². The molecule has 0 aliphatic carbocycles. The number of carbonyl (C=O) groups is 1. The highest BCUT2D eigenvalue weighted by atomic mass is 79.9. The van der Waals surface area contributed by atoms with Crippen LogP contribution in [0.25, 0.3) is 0 Å². The Morgan fingerprint density at radius 3 is 2.87 bits per heavy atom. The molecule has 0 atom stereocenters. The minimum absolute atomic E-state index is 0.617. The fraction of sp³-hybridized carbons (Fsp3) is 0.400. The third-order valence-electron chi connectivity index (χ3n) is 2.30. The highest BCUT2D eigenvalue weighted by Crippen LogP contribution is 2.20. The second-order valence-corrected chi connectivity index (χ2v) is 4.20. The minimum Gasteiger partial charge on any atom is -0.378 e. The van der Waals surface area contributed by atoms with Gasteiger partial charge in [-0.3, -0.25) is 4.79 Å². The lowest BCUT2D eigenvalue weighted by Gasteiger charge is -2.28. The van der Waals surface area contributed by atoms with Crippen LogP contribution in [-0.4, -0.2) is 37.6 Å². The van der Waals surface area contributed by atoms with E-state index in [2.05, 4.69) is 25.8 Å². The van der Waals surface area contributed by atoms with Crippen LogP contribution >= 0.6 is 15.9 Å². The van der Waals surface area contributed by atoms with Crippen molar-refractivity contribution in [1.82, 2.24) is 4.98 Å². The number of anilines is 1. The average molecular weight is 271 g/mol. The number of aromatic nitrogens is 1. The smallest absolute Gasteiger partial charge is 0.153 e. The Balaban J connectivity index is 2.29. The predicted molar refractivity (Wildman–Crippen MR) is 60.4 cm³/mol. The molecule has 0 bridgehead atoms. The van der Waals surface area contributed by atoms with Gasteiger partial charge in [0.2, 0.25) is 0 Å². The van der Waals surface area contributed by atoms with E-state index < -0.39 is 0 Å². The number of carbonyl (C=O) groups excluding carboxylic acids is 1. The van der Waals surface area contributed by atoms with Crippen LogP contribution in [0.4, 0.5) is 5.82 Å². The van der Waals surface area contributed by atoms with E-state index in [1.165, 1.54) is 0 Å². The summed E-state index contributed by atoms with van der Waals surface area (Å²) in [4.78, 5) is 17.2. The lowest BCUT2D eigenvalue weighted by atomic mass is 10.2. The summed E-state index contributed by atoms with van der Waals surface area (Å²) < 4.78 is 6.07. The molecule has 1 aromatic heterocycles. The molecule has 1 aliphatic rings. The predicted octanol–water partition coefficient (Wildman–Crippen LogP) is 1.49. The van der Waals surface area contributed by atoms with Crippen LogP contribution in [0.15, 0.2) is 16.7 Å². The topological polar surface area (TPSA) is 42.4 Å². The molecule has 0 unspecified atom stereocenters. The summed E-state index contributed by atoms with van der Waals surface area (Å²) in [6.07, 6.45) is 2.54. The number of aldehydes is 1. The van der Waals surface area contributed by atoms with Crippen LogP contribution in [0.2, 0.25) is 0 Å². The van der Waals surface area contributed by atoms with E-state index in [1.807, 2.05) is 0 Å². The Bertz CT molecular complexity index is 364. The summed E-state index contributed by atoms with van der Waals surface area (Å²) in [5.74, 6) is 0.747. The second-order valence-electron chi connectivity index (χ2n) is 3.28. The normalized spacial score (nSPS) is 16.5. The molecule has 2 rings (SSSR count). The van der Waals surface area contributed by atoms with E-state index in [0.717, 1.165) is 29.7 Å². The Labute approximate surface area is 96.4 Å². The van der Waals surface area contributed by atoms with Gasteiger partial charge < -0.3 is 9.64 Å². The van der Waals surface area contributed by atoms with E-state index in [4.69, 9.17) is 4.74 Å². The molecule has 5 heteroatoms. The Morgan fingerprint density at radius 1 is 1.47 bits per heavy atom. The zero-order valence-corrected chi connectivity index (χ0v) is 9.74. The first-order chi connectivity index (χ1) is 7.31. The summed E-state index contributed by atoms with van der Waals surface area (Å²) in [5, 5.41) is 0. The molecule has 0 aromatic carbocycles. The third kappa shape index (κ3) is 2.35. The molecule has 4 nitrogen and oxygen atoms in total. The number of nitrogens with zero attached hydrogens (tertiary/aromatic N) is 2. The average Bonchev–Trinajstić information content (AvgIpc) is 2.30. The van der Waals surface area contributed by atoms with E-state index in [0.29, 0.717) is 18.8 Å². The summed E-state index contributed by atoms with van der Waals surface area (Å²) in [6.45, 7) is 2.96. The highest BCUT2D eigenvalue weighted by molar-refractivity contribution is 9.10. The number of hydrogen-bond donors (Lipinski definition) is 0. The monoisotopic (exact) mass is 270 g/mol. The van der Waals surface area contributed by atoms with Gasteiger partial charge in [0.1, 0.15) is 5.82 Å². The molecule has 80 valence electrons. The van der Waals surface area contributed by atoms with Gasteiger partial charge in [0.05, 0.1) is 18.8 Å². The van der Waals surface area contributed by atoms with Crippen LogP contribution in [0, 0.1) is 0 Å². The largest absolute Gasteiger partial charge is 0.378 e. The van der Waals surface area contributed by atoms with Crippen molar-refractivity contribution in [2.24, 2.45) is 0 Å². The number of morpholine rings is 1. The van der Waals surface area contributed by atoms with Crippen LogP contribution in [-0.2, 0) is 4.74 Å². The Morgan fingerprint density at radius 2 is 2.20 bits per heavy atom. The van der Waals surface area contributed by atoms with E-state index >= 15 is 0 Å². The summed E-state index contributed by atoms with van der Waals surface area (Å²) in [6, 6.07) is 1.78. The van der Waals surface area contributed by atoms with Crippen molar-refractivity contribution in [1.29, 1.82) is 0 Å². The van der Waals surface area contributed by atoms with E-state index in [-0.39, 0.29) is 0 Å². The molecule has 0 spiro atoms. The van der Waals surface area contributed by atoms with Crippen LogP contribution < -0.4 is 4.90 Å². The molecule has 1 fully saturated rings. The maximum Gasteiger partial charge on any atom is 0.153 e. The zero-order chi connectivity index (χ0) is 10.7. The molecule has 0 radical (unpaired) electrons. The van der Waals surface area contributed by atoms with E-state index in [9.17, 15) is 4.79 Å². The second kappa shape index (κ2) is 4.72. The molecule has 2 heterocycles. The maximum absolute atomic E-state index is 10.9. The zero-order valence-electron chi connectivity index (χ0n) is 8.15. The first-order valence-electron chi connectivity index (χ1n) is 4.74. The van der Waals surface area contributed by atoms with Gasteiger partial charge in [-0.2, -0.15) is 0 Å². The molecular formula is C10H11BrN2O2. The lowest BCUT2D eigenvalue weighted by Crippen LogP contribution is -2.37. The van der Waals surface area contributed by atoms with Gasteiger partial charge in [0.25, 0.3) is 0 Å². The quantitative estimate of drug-likeness (QED) is 0.764. The molecular weight excluding hydrogens is 260 g/mol. The molecule has 15 heavy (non-hydrogen) atoms. The van der Waals surface area contributed by atoms with Gasteiger partial charge in [-0.1, -0.05) is 0 Å². The summed E-state index contributed by atoms with van der Waals surface area (Å²) in [7, 11) is 0. The van der Waals surface area contributed by atoms with Crippen molar-refractivity contribution < 1.29 is 9.53 Å². The number of pyridine rings is 1. The molecule has 0 amide bonds. The van der Waals surface area contributed by atoms with E-state index in [1.54, 1.807) is 12.3 Å². The molecule has 1 saturated heterocycles. The first-order valence-corrected chi connectivity index (χ1v) is 5.54. The molecule has 0 saturated carbocycles. The van der Waals surface area contributed by atoms with Gasteiger partial charge in [-0.05, 0) is 22.0 Å². The first kappa shape index (κ1) is 10.6. The van der Waals surface area contributed by atoms with Gasteiger partial charge >= 0.3 is 0 Å². The van der Waals surface area contributed by atoms with Gasteiger partial charge in [0.15, 0.2) is 6.29 Å². The summed E-state index contributed by atoms with van der Waals surface area (Å²) in [5.41, 5.74) is 0.617. The lowest BCUT2D eigenvalue weighted by molar-refractivity contribution is 0.111. The maximum atomic E-state index is 10.9. The van der Waals surface area contributed by atoms with Crippen LogP contribution in [0.3, 0.4) is 0 Å². The van der Waals surface area contributed by atoms with Crippen LogP contribution in [0.5, 0.6) is 0 Å². The molecule has 0 N–H and O–H groups in total. The fourth-order valence-corrected chi connectivity index (χ4v) is 1.92. The third-order valence-corrected chi connectivity index (χ3v) is 2.73.